The number of amides is 2. The minimum atomic E-state index is -0.265. The lowest BCUT2D eigenvalue weighted by molar-refractivity contribution is -0.117. The van der Waals surface area contributed by atoms with E-state index in [9.17, 15) is 9.59 Å². The van der Waals surface area contributed by atoms with Crippen LogP contribution in [0.4, 0.5) is 5.69 Å². The summed E-state index contributed by atoms with van der Waals surface area (Å²) in [5.41, 5.74) is 4.09. The molecule has 1 heterocycles. The van der Waals surface area contributed by atoms with Crippen LogP contribution in [0.1, 0.15) is 34.3 Å². The van der Waals surface area contributed by atoms with Gasteiger partial charge in [0.05, 0.1) is 0 Å². The Morgan fingerprint density at radius 1 is 1.26 bits per heavy atom. The monoisotopic (exact) mass is 372 g/mol. The molecule has 0 radical (unpaired) electrons. The van der Waals surface area contributed by atoms with Crippen molar-refractivity contribution in [3.8, 4) is 0 Å². The van der Waals surface area contributed by atoms with Gasteiger partial charge in [-0.15, -0.1) is 0 Å². The van der Waals surface area contributed by atoms with E-state index >= 15 is 0 Å². The molecule has 0 aromatic heterocycles. The zero-order valence-corrected chi connectivity index (χ0v) is 17.2. The molecule has 2 amide bonds. The van der Waals surface area contributed by atoms with Crippen molar-refractivity contribution in [3.63, 3.8) is 0 Å². The summed E-state index contributed by atoms with van der Waals surface area (Å²) in [6.45, 7) is 10.0. The first kappa shape index (κ1) is 21.0. The average molecular weight is 373 g/mol. The SMILES string of the molecule is C=C(CNC(=O)c1cc(C)cc(N(C)C2CCN(C)CC2)c1C)C(=O)NC. The number of hydrogen-bond donors (Lipinski definition) is 2. The summed E-state index contributed by atoms with van der Waals surface area (Å²) in [5.74, 6) is -0.446. The van der Waals surface area contributed by atoms with Gasteiger partial charge in [0.25, 0.3) is 5.91 Å². The fraction of sp³-hybridized carbons (Fsp3) is 0.524. The predicted octanol–water partition coefficient (Wildman–Crippen LogP) is 1.87. The number of rotatable bonds is 6. The second kappa shape index (κ2) is 9.04. The average Bonchev–Trinajstić information content (AvgIpc) is 2.66. The highest BCUT2D eigenvalue weighted by Gasteiger charge is 2.23. The Kier molecular flexibility index (Phi) is 7.02. The number of likely N-dealkylation sites (N-methyl/N-ethyl adjacent to an activating group) is 1. The van der Waals surface area contributed by atoms with Crippen LogP contribution in [0.3, 0.4) is 0 Å². The standard InChI is InChI=1S/C21H32N4O2/c1-14-11-18(21(27)23-13-15(2)20(26)22-4)16(3)19(12-14)25(6)17-7-9-24(5)10-8-17/h11-12,17H,2,7-10,13H2,1,3-6H3,(H,22,26)(H,23,27). The van der Waals surface area contributed by atoms with Gasteiger partial charge in [-0.3, -0.25) is 9.59 Å². The van der Waals surface area contributed by atoms with Crippen LogP contribution in [0.5, 0.6) is 0 Å². The van der Waals surface area contributed by atoms with Crippen LogP contribution in [0.2, 0.25) is 0 Å². The Morgan fingerprint density at radius 2 is 1.89 bits per heavy atom. The highest BCUT2D eigenvalue weighted by atomic mass is 16.2. The molecule has 1 fully saturated rings. The van der Waals surface area contributed by atoms with Gasteiger partial charge in [0.15, 0.2) is 0 Å². The van der Waals surface area contributed by atoms with E-state index in [-0.39, 0.29) is 18.4 Å². The van der Waals surface area contributed by atoms with Crippen molar-refractivity contribution < 1.29 is 9.59 Å². The number of piperidine rings is 1. The molecule has 148 valence electrons. The molecule has 1 aliphatic heterocycles. The minimum absolute atomic E-state index is 0.131. The van der Waals surface area contributed by atoms with E-state index in [0.29, 0.717) is 17.2 Å². The molecule has 1 saturated heterocycles. The Bertz CT molecular complexity index is 721. The molecular weight excluding hydrogens is 340 g/mol. The smallest absolute Gasteiger partial charge is 0.251 e. The van der Waals surface area contributed by atoms with Crippen LogP contribution in [0, 0.1) is 13.8 Å². The van der Waals surface area contributed by atoms with E-state index in [1.807, 2.05) is 19.9 Å². The number of carbonyl (C=O) groups is 2. The molecule has 0 unspecified atom stereocenters. The van der Waals surface area contributed by atoms with Crippen molar-refractivity contribution >= 4 is 17.5 Å². The van der Waals surface area contributed by atoms with Gasteiger partial charge in [0, 0.05) is 43.5 Å². The molecule has 2 rings (SSSR count). The van der Waals surface area contributed by atoms with Crippen LogP contribution in [-0.2, 0) is 4.79 Å². The maximum Gasteiger partial charge on any atom is 0.251 e. The van der Waals surface area contributed by atoms with Crippen molar-refractivity contribution in [3.05, 3.63) is 41.0 Å². The number of carbonyl (C=O) groups excluding carboxylic acids is 2. The van der Waals surface area contributed by atoms with Gasteiger partial charge in [-0.25, -0.2) is 0 Å². The summed E-state index contributed by atoms with van der Waals surface area (Å²) >= 11 is 0. The second-order valence-corrected chi connectivity index (χ2v) is 7.47. The number of anilines is 1. The first-order valence-corrected chi connectivity index (χ1v) is 9.45. The molecule has 0 bridgehead atoms. The van der Waals surface area contributed by atoms with Gasteiger partial charge in [-0.2, -0.15) is 0 Å². The highest BCUT2D eigenvalue weighted by molar-refractivity contribution is 5.99. The van der Waals surface area contributed by atoms with Crippen LogP contribution < -0.4 is 15.5 Å². The Balaban J connectivity index is 2.17. The zero-order chi connectivity index (χ0) is 20.1. The largest absolute Gasteiger partial charge is 0.371 e. The van der Waals surface area contributed by atoms with Crippen LogP contribution in [0.15, 0.2) is 24.3 Å². The third kappa shape index (κ3) is 5.10. The fourth-order valence-electron chi connectivity index (χ4n) is 3.56. The molecule has 6 nitrogen and oxygen atoms in total. The molecule has 27 heavy (non-hydrogen) atoms. The normalized spacial score (nSPS) is 15.3. The van der Waals surface area contributed by atoms with Crippen LogP contribution in [0.25, 0.3) is 0 Å². The van der Waals surface area contributed by atoms with E-state index < -0.39 is 0 Å². The van der Waals surface area contributed by atoms with E-state index in [1.165, 1.54) is 0 Å². The lowest BCUT2D eigenvalue weighted by Gasteiger charge is -2.37. The van der Waals surface area contributed by atoms with Gasteiger partial charge in [0.1, 0.15) is 0 Å². The highest BCUT2D eigenvalue weighted by Crippen LogP contribution is 2.28. The van der Waals surface area contributed by atoms with E-state index in [4.69, 9.17) is 0 Å². The van der Waals surface area contributed by atoms with E-state index in [2.05, 4.69) is 47.2 Å². The lowest BCUT2D eigenvalue weighted by Crippen LogP contribution is -2.42. The van der Waals surface area contributed by atoms with Crippen molar-refractivity contribution in [2.45, 2.75) is 32.7 Å². The number of likely N-dealkylation sites (tertiary alicyclic amines) is 1. The van der Waals surface area contributed by atoms with E-state index in [0.717, 1.165) is 42.7 Å². The summed E-state index contributed by atoms with van der Waals surface area (Å²) in [4.78, 5) is 28.9. The summed E-state index contributed by atoms with van der Waals surface area (Å²) in [6.07, 6.45) is 2.24. The summed E-state index contributed by atoms with van der Waals surface area (Å²) in [7, 11) is 5.82. The Morgan fingerprint density at radius 3 is 2.48 bits per heavy atom. The lowest BCUT2D eigenvalue weighted by atomic mass is 9.98. The first-order valence-electron chi connectivity index (χ1n) is 9.45. The molecule has 6 heteroatoms. The third-order valence-electron chi connectivity index (χ3n) is 5.40. The summed E-state index contributed by atoms with van der Waals surface area (Å²) in [6, 6.07) is 4.53. The first-order chi connectivity index (χ1) is 12.7. The molecular formula is C21H32N4O2. The molecule has 2 N–H and O–H groups in total. The molecule has 1 aliphatic rings. The number of nitrogens with one attached hydrogen (secondary N) is 2. The zero-order valence-electron chi connectivity index (χ0n) is 17.2. The molecule has 1 aromatic carbocycles. The van der Waals surface area contributed by atoms with Gasteiger partial charge < -0.3 is 20.4 Å². The van der Waals surface area contributed by atoms with Gasteiger partial charge in [0.2, 0.25) is 5.91 Å². The van der Waals surface area contributed by atoms with Crippen molar-refractivity contribution in [1.29, 1.82) is 0 Å². The maximum atomic E-state index is 12.7. The van der Waals surface area contributed by atoms with Crippen LogP contribution in [-0.4, -0.2) is 63.5 Å². The molecule has 0 spiro atoms. The number of hydrogen-bond acceptors (Lipinski definition) is 4. The van der Waals surface area contributed by atoms with Crippen molar-refractivity contribution in [1.82, 2.24) is 15.5 Å². The van der Waals surface area contributed by atoms with Gasteiger partial charge in [-0.05, 0) is 70.1 Å². The topological polar surface area (TPSA) is 64.7 Å². The number of benzene rings is 1. The molecule has 1 aromatic rings. The molecule has 0 saturated carbocycles. The maximum absolute atomic E-state index is 12.7. The minimum Gasteiger partial charge on any atom is -0.371 e. The van der Waals surface area contributed by atoms with E-state index in [1.54, 1.807) is 7.05 Å². The van der Waals surface area contributed by atoms with Crippen LogP contribution >= 0.6 is 0 Å². The quantitative estimate of drug-likeness (QED) is 0.748. The predicted molar refractivity (Wildman–Crippen MR) is 110 cm³/mol. The molecule has 0 atom stereocenters. The summed E-state index contributed by atoms with van der Waals surface area (Å²) in [5, 5.41) is 5.32. The fourth-order valence-corrected chi connectivity index (χ4v) is 3.56. The Hall–Kier alpha value is -2.34. The van der Waals surface area contributed by atoms with Crippen molar-refractivity contribution in [2.75, 3.05) is 45.7 Å². The number of nitrogens with zero attached hydrogens (tertiary/aromatic N) is 2. The number of aryl methyl sites for hydroxylation is 1. The van der Waals surface area contributed by atoms with Gasteiger partial charge in [-0.1, -0.05) is 6.58 Å². The molecule has 0 aliphatic carbocycles. The van der Waals surface area contributed by atoms with Gasteiger partial charge >= 0.3 is 0 Å². The Labute approximate surface area is 162 Å². The summed E-state index contributed by atoms with van der Waals surface area (Å²) < 4.78 is 0. The van der Waals surface area contributed by atoms with Crippen molar-refractivity contribution in [2.24, 2.45) is 0 Å². The second-order valence-electron chi connectivity index (χ2n) is 7.47. The third-order valence-corrected chi connectivity index (χ3v) is 5.40.